The van der Waals surface area contributed by atoms with E-state index in [4.69, 9.17) is 23.2 Å². The van der Waals surface area contributed by atoms with Crippen molar-refractivity contribution in [1.29, 1.82) is 0 Å². The highest BCUT2D eigenvalue weighted by molar-refractivity contribution is 7.16. The topological polar surface area (TPSA) is 20.3 Å². The number of halogens is 2. The first kappa shape index (κ1) is 15.5. The Morgan fingerprint density at radius 2 is 2.22 bits per heavy atom. The van der Waals surface area contributed by atoms with Gasteiger partial charge < -0.3 is 4.90 Å². The van der Waals surface area contributed by atoms with E-state index in [9.17, 15) is 4.79 Å². The van der Waals surface area contributed by atoms with Crippen LogP contribution in [-0.4, -0.2) is 23.2 Å². The van der Waals surface area contributed by atoms with E-state index >= 15 is 0 Å². The molecule has 0 unspecified atom stereocenters. The van der Waals surface area contributed by atoms with Crippen molar-refractivity contribution in [2.24, 2.45) is 5.41 Å². The molecule has 0 radical (unpaired) electrons. The minimum absolute atomic E-state index is 0.0296. The van der Waals surface area contributed by atoms with Gasteiger partial charge in [0.05, 0.1) is 16.3 Å². The highest BCUT2D eigenvalue weighted by Gasteiger charge is 2.30. The predicted molar refractivity (Wildman–Crippen MR) is 79.4 cm³/mol. The lowest BCUT2D eigenvalue weighted by Gasteiger charge is -2.29. The summed E-state index contributed by atoms with van der Waals surface area (Å²) in [7, 11) is 0. The highest BCUT2D eigenvalue weighted by atomic mass is 35.5. The van der Waals surface area contributed by atoms with Gasteiger partial charge in [-0.3, -0.25) is 4.79 Å². The average Bonchev–Trinajstić information content (AvgIpc) is 2.73. The fourth-order valence-electron chi connectivity index (χ4n) is 1.49. The van der Waals surface area contributed by atoms with Crippen LogP contribution >= 0.6 is 34.5 Å². The van der Waals surface area contributed by atoms with Crippen LogP contribution < -0.4 is 0 Å². The van der Waals surface area contributed by atoms with E-state index in [1.54, 1.807) is 11.0 Å². The lowest BCUT2D eigenvalue weighted by Crippen LogP contribution is -2.41. The molecule has 0 atom stereocenters. The fraction of sp³-hybridized carbons (Fsp3) is 0.462. The number of hydrogen-bond donors (Lipinski definition) is 0. The largest absolute Gasteiger partial charge is 0.333 e. The zero-order valence-corrected chi connectivity index (χ0v) is 12.9. The summed E-state index contributed by atoms with van der Waals surface area (Å²) in [6, 6.07) is 3.77. The van der Waals surface area contributed by atoms with Crippen molar-refractivity contribution >= 4 is 40.4 Å². The van der Waals surface area contributed by atoms with Gasteiger partial charge in [-0.25, -0.2) is 0 Å². The monoisotopic (exact) mass is 305 g/mol. The van der Waals surface area contributed by atoms with Crippen molar-refractivity contribution in [3.63, 3.8) is 0 Å². The van der Waals surface area contributed by atoms with Crippen LogP contribution in [0.4, 0.5) is 0 Å². The first-order chi connectivity index (χ1) is 8.40. The number of alkyl halides is 1. The predicted octanol–water partition coefficient (Wildman–Crippen LogP) is 4.18. The Kier molecular flexibility index (Phi) is 5.70. The molecule has 1 aromatic rings. The number of thiophene rings is 1. The molecular weight excluding hydrogens is 289 g/mol. The van der Waals surface area contributed by atoms with Gasteiger partial charge in [0.15, 0.2) is 0 Å². The summed E-state index contributed by atoms with van der Waals surface area (Å²) < 4.78 is 0.729. The van der Waals surface area contributed by atoms with E-state index in [2.05, 4.69) is 6.58 Å². The quantitative estimate of drug-likeness (QED) is 0.570. The SMILES string of the molecule is C=CCN(Cc1ccc(Cl)s1)C(=O)C(C)(C)CCl. The molecule has 0 spiro atoms. The van der Waals surface area contributed by atoms with Crippen LogP contribution in [0.5, 0.6) is 0 Å². The summed E-state index contributed by atoms with van der Waals surface area (Å²) in [4.78, 5) is 15.2. The van der Waals surface area contributed by atoms with Crippen LogP contribution in [0.25, 0.3) is 0 Å². The third-order valence-corrected chi connectivity index (χ3v) is 4.41. The minimum Gasteiger partial charge on any atom is -0.333 e. The second kappa shape index (κ2) is 6.60. The summed E-state index contributed by atoms with van der Waals surface area (Å²) in [5.74, 6) is 0.326. The molecule has 0 aromatic carbocycles. The molecular formula is C13H17Cl2NOS. The van der Waals surface area contributed by atoms with Crippen molar-refractivity contribution in [3.05, 3.63) is 34.0 Å². The minimum atomic E-state index is -0.564. The summed E-state index contributed by atoms with van der Waals surface area (Å²) in [6.45, 7) is 8.43. The van der Waals surface area contributed by atoms with Crippen LogP contribution in [0.2, 0.25) is 4.34 Å². The first-order valence-corrected chi connectivity index (χ1v) is 7.34. The number of amides is 1. The number of nitrogens with zero attached hydrogens (tertiary/aromatic N) is 1. The summed E-state index contributed by atoms with van der Waals surface area (Å²) >= 11 is 13.2. The van der Waals surface area contributed by atoms with Crippen molar-refractivity contribution < 1.29 is 4.79 Å². The van der Waals surface area contributed by atoms with Crippen molar-refractivity contribution in [2.45, 2.75) is 20.4 Å². The molecule has 0 aliphatic rings. The van der Waals surface area contributed by atoms with Gasteiger partial charge >= 0.3 is 0 Å². The Morgan fingerprint density at radius 3 is 2.67 bits per heavy atom. The van der Waals surface area contributed by atoms with Gasteiger partial charge in [0, 0.05) is 17.3 Å². The third kappa shape index (κ3) is 4.01. The first-order valence-electron chi connectivity index (χ1n) is 5.61. The molecule has 0 saturated heterocycles. The third-order valence-electron chi connectivity index (χ3n) is 2.53. The zero-order valence-electron chi connectivity index (χ0n) is 10.6. The van der Waals surface area contributed by atoms with Crippen LogP contribution in [0.3, 0.4) is 0 Å². The molecule has 2 nitrogen and oxygen atoms in total. The van der Waals surface area contributed by atoms with Crippen LogP contribution in [0.1, 0.15) is 18.7 Å². The molecule has 1 rings (SSSR count). The molecule has 0 fully saturated rings. The van der Waals surface area contributed by atoms with Gasteiger partial charge in [-0.05, 0) is 26.0 Å². The second-order valence-electron chi connectivity index (χ2n) is 4.70. The van der Waals surface area contributed by atoms with E-state index in [0.717, 1.165) is 9.21 Å². The lowest BCUT2D eigenvalue weighted by molar-refractivity contribution is -0.139. The standard InChI is InChI=1S/C13H17Cl2NOS/c1-4-7-16(12(17)13(2,3)9-14)8-10-5-6-11(15)18-10/h4-6H,1,7-9H2,2-3H3. The maximum atomic E-state index is 12.4. The molecule has 0 bridgehead atoms. The molecule has 100 valence electrons. The van der Waals surface area contributed by atoms with Gasteiger partial charge in [-0.2, -0.15) is 0 Å². The molecule has 1 aromatic heterocycles. The Hall–Kier alpha value is -0.510. The van der Waals surface area contributed by atoms with Crippen molar-refractivity contribution in [2.75, 3.05) is 12.4 Å². The molecule has 0 saturated carbocycles. The van der Waals surface area contributed by atoms with Crippen molar-refractivity contribution in [1.82, 2.24) is 4.90 Å². The number of hydrogen-bond acceptors (Lipinski definition) is 2. The molecule has 0 aliphatic carbocycles. The van der Waals surface area contributed by atoms with Crippen molar-refractivity contribution in [3.8, 4) is 0 Å². The Labute approximate surface area is 122 Å². The zero-order chi connectivity index (χ0) is 13.8. The molecule has 18 heavy (non-hydrogen) atoms. The van der Waals surface area contributed by atoms with Gasteiger partial charge in [-0.1, -0.05) is 17.7 Å². The van der Waals surface area contributed by atoms with Crippen LogP contribution in [-0.2, 0) is 11.3 Å². The highest BCUT2D eigenvalue weighted by Crippen LogP contribution is 2.26. The summed E-state index contributed by atoms with van der Waals surface area (Å²) in [5.41, 5.74) is -0.564. The fourth-order valence-corrected chi connectivity index (χ4v) is 2.70. The smallest absolute Gasteiger partial charge is 0.230 e. The average molecular weight is 306 g/mol. The van der Waals surface area contributed by atoms with E-state index in [1.165, 1.54) is 11.3 Å². The molecule has 0 N–H and O–H groups in total. The number of rotatable bonds is 6. The number of carbonyl (C=O) groups is 1. The van der Waals surface area contributed by atoms with Gasteiger partial charge in [0.25, 0.3) is 0 Å². The maximum Gasteiger partial charge on any atom is 0.230 e. The van der Waals surface area contributed by atoms with Gasteiger partial charge in [-0.15, -0.1) is 29.5 Å². The van der Waals surface area contributed by atoms with Crippen LogP contribution in [0, 0.1) is 5.41 Å². The van der Waals surface area contributed by atoms with Gasteiger partial charge in [0.2, 0.25) is 5.91 Å². The Bertz CT molecular complexity index is 428. The number of carbonyl (C=O) groups excluding carboxylic acids is 1. The second-order valence-corrected chi connectivity index (χ2v) is 6.76. The van der Waals surface area contributed by atoms with Crippen LogP contribution in [0.15, 0.2) is 24.8 Å². The van der Waals surface area contributed by atoms with E-state index in [1.807, 2.05) is 26.0 Å². The van der Waals surface area contributed by atoms with E-state index in [0.29, 0.717) is 19.0 Å². The Morgan fingerprint density at radius 1 is 1.56 bits per heavy atom. The van der Waals surface area contributed by atoms with E-state index in [-0.39, 0.29) is 5.91 Å². The molecule has 0 aliphatic heterocycles. The Balaban J connectivity index is 2.82. The lowest BCUT2D eigenvalue weighted by atomic mass is 9.94. The van der Waals surface area contributed by atoms with E-state index < -0.39 is 5.41 Å². The van der Waals surface area contributed by atoms with Gasteiger partial charge in [0.1, 0.15) is 0 Å². The molecule has 1 amide bonds. The molecule has 1 heterocycles. The normalized spacial score (nSPS) is 11.3. The summed E-state index contributed by atoms with van der Waals surface area (Å²) in [5, 5.41) is 0. The summed E-state index contributed by atoms with van der Waals surface area (Å²) in [6.07, 6.45) is 1.72. The maximum absolute atomic E-state index is 12.4. The molecule has 5 heteroatoms.